The molecule has 0 atom stereocenters. The number of thiazole rings is 1. The maximum atomic E-state index is 4.78. The van der Waals surface area contributed by atoms with Crippen LogP contribution in [0, 0.1) is 0 Å². The molecule has 1 aromatic heterocycles. The number of aromatic nitrogens is 1. The number of hydrogen-bond acceptors (Lipinski definition) is 4. The third-order valence-electron chi connectivity index (χ3n) is 3.95. The van der Waals surface area contributed by atoms with Gasteiger partial charge in [-0.25, -0.2) is 4.98 Å². The van der Waals surface area contributed by atoms with Crippen molar-refractivity contribution in [2.75, 3.05) is 20.1 Å². The molecule has 0 radical (unpaired) electrons. The first kappa shape index (κ1) is 13.7. The van der Waals surface area contributed by atoms with E-state index in [1.807, 2.05) is 6.07 Å². The molecule has 1 aliphatic rings. The summed E-state index contributed by atoms with van der Waals surface area (Å²) in [5, 5.41) is 6.70. The molecule has 1 saturated heterocycles. The number of nitrogens with zero attached hydrogens (tertiary/aromatic N) is 2. The summed E-state index contributed by atoms with van der Waals surface area (Å²) in [5.41, 5.74) is 2.43. The molecule has 1 fully saturated rings. The summed E-state index contributed by atoms with van der Waals surface area (Å²) >= 11 is 1.75. The van der Waals surface area contributed by atoms with Crippen LogP contribution in [-0.2, 0) is 6.54 Å². The lowest BCUT2D eigenvalue weighted by Gasteiger charge is -2.31. The maximum absolute atomic E-state index is 4.78. The van der Waals surface area contributed by atoms with Gasteiger partial charge in [-0.1, -0.05) is 30.3 Å². The van der Waals surface area contributed by atoms with Crippen molar-refractivity contribution >= 4 is 11.3 Å². The number of likely N-dealkylation sites (tertiary alicyclic amines) is 1. The first-order valence-electron chi connectivity index (χ1n) is 7.24. The van der Waals surface area contributed by atoms with Gasteiger partial charge in [0.2, 0.25) is 0 Å². The highest BCUT2D eigenvalue weighted by Crippen LogP contribution is 2.24. The van der Waals surface area contributed by atoms with E-state index in [0.717, 1.165) is 11.6 Å². The molecular formula is C16H21N3S. The van der Waals surface area contributed by atoms with E-state index in [-0.39, 0.29) is 0 Å². The molecule has 20 heavy (non-hydrogen) atoms. The zero-order valence-electron chi connectivity index (χ0n) is 11.9. The third-order valence-corrected chi connectivity index (χ3v) is 4.89. The maximum Gasteiger partial charge on any atom is 0.123 e. The highest BCUT2D eigenvalue weighted by Gasteiger charge is 2.18. The zero-order chi connectivity index (χ0) is 13.8. The van der Waals surface area contributed by atoms with Gasteiger partial charge in [0.05, 0.1) is 5.69 Å². The van der Waals surface area contributed by atoms with Crippen LogP contribution in [0.4, 0.5) is 0 Å². The van der Waals surface area contributed by atoms with Gasteiger partial charge < -0.3 is 5.32 Å². The largest absolute Gasteiger partial charge is 0.317 e. The van der Waals surface area contributed by atoms with Gasteiger partial charge in [-0.3, -0.25) is 4.90 Å². The Bertz CT molecular complexity index is 530. The van der Waals surface area contributed by atoms with Crippen LogP contribution in [0.5, 0.6) is 0 Å². The fraction of sp³-hybridized carbons (Fsp3) is 0.438. The van der Waals surface area contributed by atoms with E-state index in [1.54, 1.807) is 11.3 Å². The minimum atomic E-state index is 0.696. The Morgan fingerprint density at radius 1 is 1.25 bits per heavy atom. The lowest BCUT2D eigenvalue weighted by molar-refractivity contribution is 0.193. The van der Waals surface area contributed by atoms with Crippen molar-refractivity contribution in [3.8, 4) is 10.6 Å². The highest BCUT2D eigenvalue weighted by molar-refractivity contribution is 7.13. The molecule has 4 heteroatoms. The Kier molecular flexibility index (Phi) is 4.45. The summed E-state index contributed by atoms with van der Waals surface area (Å²) in [5.74, 6) is 0. The smallest absolute Gasteiger partial charge is 0.123 e. The van der Waals surface area contributed by atoms with Crippen LogP contribution in [0.1, 0.15) is 18.5 Å². The summed E-state index contributed by atoms with van der Waals surface area (Å²) in [6, 6.07) is 11.1. The molecule has 1 N–H and O–H groups in total. The summed E-state index contributed by atoms with van der Waals surface area (Å²) in [4.78, 5) is 7.29. The van der Waals surface area contributed by atoms with Crippen molar-refractivity contribution in [3.05, 3.63) is 41.4 Å². The van der Waals surface area contributed by atoms with E-state index >= 15 is 0 Å². The van der Waals surface area contributed by atoms with Gasteiger partial charge in [0.1, 0.15) is 5.01 Å². The minimum Gasteiger partial charge on any atom is -0.317 e. The second-order valence-electron chi connectivity index (χ2n) is 5.35. The molecule has 1 aliphatic heterocycles. The number of hydrogen-bond donors (Lipinski definition) is 1. The van der Waals surface area contributed by atoms with Crippen molar-refractivity contribution in [2.45, 2.75) is 25.4 Å². The van der Waals surface area contributed by atoms with Crippen LogP contribution in [0.3, 0.4) is 0 Å². The Morgan fingerprint density at radius 2 is 2.00 bits per heavy atom. The summed E-state index contributed by atoms with van der Waals surface area (Å²) in [7, 11) is 2.06. The second-order valence-corrected chi connectivity index (χ2v) is 6.21. The van der Waals surface area contributed by atoms with Gasteiger partial charge in [-0.15, -0.1) is 11.3 Å². The van der Waals surface area contributed by atoms with Crippen LogP contribution < -0.4 is 5.32 Å². The lowest BCUT2D eigenvalue weighted by atomic mass is 10.1. The Hall–Kier alpha value is -1.23. The Morgan fingerprint density at radius 3 is 2.70 bits per heavy atom. The Labute approximate surface area is 124 Å². The van der Waals surface area contributed by atoms with Gasteiger partial charge in [-0.2, -0.15) is 0 Å². The molecule has 0 amide bonds. The van der Waals surface area contributed by atoms with Crippen molar-refractivity contribution in [1.82, 2.24) is 15.2 Å². The van der Waals surface area contributed by atoms with Gasteiger partial charge in [0, 0.05) is 36.6 Å². The van der Waals surface area contributed by atoms with Crippen LogP contribution in [0.25, 0.3) is 10.6 Å². The standard InChI is InChI=1S/C16H21N3S/c1-17-14-7-9-19(10-8-14)11-15-12-20-16(18-15)13-5-3-2-4-6-13/h2-6,12,14,17H,7-11H2,1H3. The minimum absolute atomic E-state index is 0.696. The first-order valence-corrected chi connectivity index (χ1v) is 8.12. The SMILES string of the molecule is CNC1CCN(Cc2csc(-c3ccccc3)n2)CC1. The van der Waals surface area contributed by atoms with Crippen LogP contribution in [0.15, 0.2) is 35.7 Å². The monoisotopic (exact) mass is 287 g/mol. The average molecular weight is 287 g/mol. The van der Waals surface area contributed by atoms with E-state index < -0.39 is 0 Å². The fourth-order valence-electron chi connectivity index (χ4n) is 2.70. The molecule has 0 bridgehead atoms. The van der Waals surface area contributed by atoms with Gasteiger partial charge >= 0.3 is 0 Å². The van der Waals surface area contributed by atoms with Gasteiger partial charge in [0.25, 0.3) is 0 Å². The molecule has 0 saturated carbocycles. The molecule has 2 heterocycles. The van der Waals surface area contributed by atoms with E-state index in [2.05, 4.69) is 46.9 Å². The second kappa shape index (κ2) is 6.48. The number of nitrogens with one attached hydrogen (secondary N) is 1. The van der Waals surface area contributed by atoms with Crippen LogP contribution in [-0.4, -0.2) is 36.1 Å². The van der Waals surface area contributed by atoms with E-state index in [4.69, 9.17) is 4.98 Å². The quantitative estimate of drug-likeness (QED) is 0.937. The van der Waals surface area contributed by atoms with Crippen molar-refractivity contribution < 1.29 is 0 Å². The molecule has 3 rings (SSSR count). The van der Waals surface area contributed by atoms with Crippen LogP contribution >= 0.6 is 11.3 Å². The molecule has 0 unspecified atom stereocenters. The number of piperidine rings is 1. The fourth-order valence-corrected chi connectivity index (χ4v) is 3.52. The topological polar surface area (TPSA) is 28.2 Å². The molecule has 0 spiro atoms. The molecule has 106 valence electrons. The molecule has 0 aliphatic carbocycles. The van der Waals surface area contributed by atoms with E-state index in [9.17, 15) is 0 Å². The predicted molar refractivity (Wildman–Crippen MR) is 84.9 cm³/mol. The summed E-state index contributed by atoms with van der Waals surface area (Å²) < 4.78 is 0. The van der Waals surface area contributed by atoms with Crippen molar-refractivity contribution in [1.29, 1.82) is 0 Å². The summed E-state index contributed by atoms with van der Waals surface area (Å²) in [6.07, 6.45) is 2.48. The van der Waals surface area contributed by atoms with Gasteiger partial charge in [-0.05, 0) is 19.9 Å². The molecular weight excluding hydrogens is 266 g/mol. The summed E-state index contributed by atoms with van der Waals surface area (Å²) in [6.45, 7) is 3.33. The highest BCUT2D eigenvalue weighted by atomic mass is 32.1. The first-order chi connectivity index (χ1) is 9.85. The molecule has 1 aromatic carbocycles. The van der Waals surface area contributed by atoms with E-state index in [0.29, 0.717) is 6.04 Å². The number of benzene rings is 1. The predicted octanol–water partition coefficient (Wildman–Crippen LogP) is 2.99. The van der Waals surface area contributed by atoms with Crippen LogP contribution in [0.2, 0.25) is 0 Å². The van der Waals surface area contributed by atoms with Crippen molar-refractivity contribution in [3.63, 3.8) is 0 Å². The van der Waals surface area contributed by atoms with E-state index in [1.165, 1.54) is 37.2 Å². The van der Waals surface area contributed by atoms with Gasteiger partial charge in [0.15, 0.2) is 0 Å². The number of rotatable bonds is 4. The Balaban J connectivity index is 1.61. The average Bonchev–Trinajstić information content (AvgIpc) is 2.97. The lowest BCUT2D eigenvalue weighted by Crippen LogP contribution is -2.40. The normalized spacial score (nSPS) is 17.4. The molecule has 2 aromatic rings. The third kappa shape index (κ3) is 3.26. The van der Waals surface area contributed by atoms with Crippen molar-refractivity contribution in [2.24, 2.45) is 0 Å². The zero-order valence-corrected chi connectivity index (χ0v) is 12.7. The molecule has 3 nitrogen and oxygen atoms in total.